The number of para-hydroxylation sites is 1. The minimum Gasteiger partial charge on any atom is -0.508 e. The molecule has 0 heterocycles. The molecule has 1 atom stereocenters. The Kier molecular flexibility index (Phi) is 6.31. The van der Waals surface area contributed by atoms with Crippen molar-refractivity contribution in [1.29, 1.82) is 0 Å². The van der Waals surface area contributed by atoms with E-state index in [1.165, 1.54) is 0 Å². The maximum Gasteiger partial charge on any atom is 0.220 e. The van der Waals surface area contributed by atoms with Crippen LogP contribution in [0.15, 0.2) is 42.5 Å². The van der Waals surface area contributed by atoms with Crippen molar-refractivity contribution < 1.29 is 9.90 Å². The van der Waals surface area contributed by atoms with Gasteiger partial charge in [-0.3, -0.25) is 4.79 Å². The Labute approximate surface area is 146 Å². The number of benzene rings is 2. The molecule has 0 radical (unpaired) electrons. The molecule has 2 rings (SSSR count). The van der Waals surface area contributed by atoms with E-state index >= 15 is 0 Å². The van der Waals surface area contributed by atoms with Gasteiger partial charge in [0, 0.05) is 28.9 Å². The van der Waals surface area contributed by atoms with Gasteiger partial charge in [0.05, 0.1) is 0 Å². The molecule has 0 bridgehead atoms. The van der Waals surface area contributed by atoms with Crippen LogP contribution < -0.4 is 5.32 Å². The van der Waals surface area contributed by atoms with Crippen molar-refractivity contribution in [1.82, 2.24) is 5.32 Å². The number of nitrogens with one attached hydrogen (secondary N) is 1. The summed E-state index contributed by atoms with van der Waals surface area (Å²) in [5.74, 6) is 0.171. The van der Waals surface area contributed by atoms with Gasteiger partial charge in [0.1, 0.15) is 5.75 Å². The van der Waals surface area contributed by atoms with Crippen LogP contribution in [0.2, 0.25) is 10.0 Å². The quantitative estimate of drug-likeness (QED) is 0.801. The van der Waals surface area contributed by atoms with E-state index in [4.69, 9.17) is 23.2 Å². The van der Waals surface area contributed by atoms with E-state index in [1.807, 2.05) is 19.1 Å². The van der Waals surface area contributed by atoms with Gasteiger partial charge < -0.3 is 10.4 Å². The van der Waals surface area contributed by atoms with Crippen LogP contribution in [0.1, 0.15) is 30.4 Å². The van der Waals surface area contributed by atoms with Crippen molar-refractivity contribution in [2.45, 2.75) is 25.7 Å². The molecule has 0 aliphatic carbocycles. The van der Waals surface area contributed by atoms with Crippen molar-refractivity contribution >= 4 is 29.1 Å². The van der Waals surface area contributed by atoms with Gasteiger partial charge in [-0.2, -0.15) is 0 Å². The highest BCUT2D eigenvalue weighted by molar-refractivity contribution is 6.36. The summed E-state index contributed by atoms with van der Waals surface area (Å²) in [6.45, 7) is 2.43. The second kappa shape index (κ2) is 8.23. The maximum atomic E-state index is 12.0. The Bertz CT molecular complexity index is 668. The summed E-state index contributed by atoms with van der Waals surface area (Å²) in [6.07, 6.45) is 0.820. The average Bonchev–Trinajstić information content (AvgIpc) is 2.52. The molecule has 0 fully saturated rings. The lowest BCUT2D eigenvalue weighted by atomic mass is 10.0. The van der Waals surface area contributed by atoms with Gasteiger partial charge in [-0.05, 0) is 35.7 Å². The van der Waals surface area contributed by atoms with E-state index in [2.05, 4.69) is 5.32 Å². The number of carbonyl (C=O) groups is 1. The highest BCUT2D eigenvalue weighted by Gasteiger charge is 2.14. The molecule has 2 N–H and O–H groups in total. The normalized spacial score (nSPS) is 12.0. The third-order valence-electron chi connectivity index (χ3n) is 3.71. The SMILES string of the molecule is CC(CNC(=O)CCc1ccccc1O)c1c(Cl)cccc1Cl. The lowest BCUT2D eigenvalue weighted by Gasteiger charge is -2.16. The molecular weight excluding hydrogens is 333 g/mol. The maximum absolute atomic E-state index is 12.0. The summed E-state index contributed by atoms with van der Waals surface area (Å²) >= 11 is 12.3. The first kappa shape index (κ1) is 17.6. The largest absolute Gasteiger partial charge is 0.508 e. The second-order valence-corrected chi connectivity index (χ2v) is 6.28. The van der Waals surface area contributed by atoms with Gasteiger partial charge >= 0.3 is 0 Å². The number of hydrogen-bond donors (Lipinski definition) is 2. The number of carbonyl (C=O) groups excluding carboxylic acids is 1. The van der Waals surface area contributed by atoms with E-state index in [9.17, 15) is 9.90 Å². The molecule has 1 amide bonds. The summed E-state index contributed by atoms with van der Waals surface area (Å²) in [7, 11) is 0. The third-order valence-corrected chi connectivity index (χ3v) is 4.37. The van der Waals surface area contributed by atoms with E-state index < -0.39 is 0 Å². The molecule has 1 unspecified atom stereocenters. The number of aromatic hydroxyl groups is 1. The van der Waals surface area contributed by atoms with Gasteiger partial charge in [-0.15, -0.1) is 0 Å². The average molecular weight is 352 g/mol. The number of aryl methyl sites for hydroxylation is 1. The fraction of sp³-hybridized carbons (Fsp3) is 0.278. The Morgan fingerprint density at radius 3 is 2.43 bits per heavy atom. The Balaban J connectivity index is 1.86. The minimum atomic E-state index is -0.0664. The molecule has 0 aromatic heterocycles. The molecule has 0 spiro atoms. The first-order chi connectivity index (χ1) is 11.0. The van der Waals surface area contributed by atoms with Crippen molar-refractivity contribution in [3.05, 3.63) is 63.6 Å². The molecule has 2 aromatic rings. The topological polar surface area (TPSA) is 49.3 Å². The second-order valence-electron chi connectivity index (χ2n) is 5.47. The number of amides is 1. The van der Waals surface area contributed by atoms with Crippen LogP contribution in [0.25, 0.3) is 0 Å². The molecule has 122 valence electrons. The number of halogens is 2. The van der Waals surface area contributed by atoms with Gasteiger partial charge in [0.15, 0.2) is 0 Å². The van der Waals surface area contributed by atoms with Crippen molar-refractivity contribution in [3.8, 4) is 5.75 Å². The summed E-state index contributed by atoms with van der Waals surface area (Å²) in [4.78, 5) is 12.0. The van der Waals surface area contributed by atoms with Gasteiger partial charge in [0.25, 0.3) is 0 Å². The predicted octanol–water partition coefficient (Wildman–Crippen LogP) is 4.55. The van der Waals surface area contributed by atoms with Crippen LogP contribution in [-0.4, -0.2) is 17.6 Å². The molecule has 5 heteroatoms. The number of hydrogen-bond acceptors (Lipinski definition) is 2. The molecule has 0 aliphatic heterocycles. The molecule has 0 saturated carbocycles. The number of rotatable bonds is 6. The molecule has 0 saturated heterocycles. The minimum absolute atomic E-state index is 0.0188. The molecule has 23 heavy (non-hydrogen) atoms. The Morgan fingerprint density at radius 2 is 1.78 bits per heavy atom. The van der Waals surface area contributed by atoms with Crippen LogP contribution in [-0.2, 0) is 11.2 Å². The zero-order chi connectivity index (χ0) is 16.8. The Morgan fingerprint density at radius 1 is 1.13 bits per heavy atom. The predicted molar refractivity (Wildman–Crippen MR) is 94.3 cm³/mol. The van der Waals surface area contributed by atoms with Gasteiger partial charge in [0.2, 0.25) is 5.91 Å². The first-order valence-corrected chi connectivity index (χ1v) is 8.22. The highest BCUT2D eigenvalue weighted by Crippen LogP contribution is 2.30. The fourth-order valence-electron chi connectivity index (χ4n) is 2.41. The van der Waals surface area contributed by atoms with E-state index in [0.29, 0.717) is 29.4 Å². The first-order valence-electron chi connectivity index (χ1n) is 7.46. The van der Waals surface area contributed by atoms with Crippen LogP contribution >= 0.6 is 23.2 Å². The van der Waals surface area contributed by atoms with E-state index in [1.54, 1.807) is 30.3 Å². The summed E-state index contributed by atoms with van der Waals surface area (Å²) in [5, 5.41) is 13.8. The fourth-order valence-corrected chi connectivity index (χ4v) is 3.18. The van der Waals surface area contributed by atoms with Crippen molar-refractivity contribution in [2.75, 3.05) is 6.54 Å². The third kappa shape index (κ3) is 4.88. The molecule has 0 aliphatic rings. The number of phenolic OH excluding ortho intramolecular Hbond substituents is 1. The summed E-state index contributed by atoms with van der Waals surface area (Å²) in [6, 6.07) is 12.4. The van der Waals surface area contributed by atoms with Crippen LogP contribution in [0, 0.1) is 0 Å². The lowest BCUT2D eigenvalue weighted by molar-refractivity contribution is -0.121. The molecule has 2 aromatic carbocycles. The Hall–Kier alpha value is -1.71. The molecule has 3 nitrogen and oxygen atoms in total. The zero-order valence-corrected chi connectivity index (χ0v) is 14.4. The van der Waals surface area contributed by atoms with Crippen LogP contribution in [0.4, 0.5) is 0 Å². The smallest absolute Gasteiger partial charge is 0.220 e. The molecular formula is C18H19Cl2NO2. The van der Waals surface area contributed by atoms with E-state index in [-0.39, 0.29) is 17.6 Å². The van der Waals surface area contributed by atoms with Crippen LogP contribution in [0.5, 0.6) is 5.75 Å². The van der Waals surface area contributed by atoms with Gasteiger partial charge in [-0.1, -0.05) is 54.4 Å². The highest BCUT2D eigenvalue weighted by atomic mass is 35.5. The van der Waals surface area contributed by atoms with Crippen molar-refractivity contribution in [2.24, 2.45) is 0 Å². The summed E-state index contributed by atoms with van der Waals surface area (Å²) in [5.41, 5.74) is 1.61. The van der Waals surface area contributed by atoms with Crippen LogP contribution in [0.3, 0.4) is 0 Å². The zero-order valence-electron chi connectivity index (χ0n) is 12.9. The number of phenols is 1. The van der Waals surface area contributed by atoms with Crippen molar-refractivity contribution in [3.63, 3.8) is 0 Å². The standard InChI is InChI=1S/C18H19Cl2NO2/c1-12(18-14(19)6-4-7-15(18)20)11-21-17(23)10-9-13-5-2-3-8-16(13)22/h2-8,12,22H,9-11H2,1H3,(H,21,23). The monoisotopic (exact) mass is 351 g/mol. The van der Waals surface area contributed by atoms with Gasteiger partial charge in [-0.25, -0.2) is 0 Å². The summed E-state index contributed by atoms with van der Waals surface area (Å²) < 4.78 is 0. The lowest BCUT2D eigenvalue weighted by Crippen LogP contribution is -2.27. The van der Waals surface area contributed by atoms with E-state index in [0.717, 1.165) is 11.1 Å².